The number of aliphatic hydroxyl groups excluding tert-OH is 1. The van der Waals surface area contributed by atoms with Crippen molar-refractivity contribution in [1.82, 2.24) is 10.2 Å². The summed E-state index contributed by atoms with van der Waals surface area (Å²) >= 11 is 0. The minimum absolute atomic E-state index is 0.0560. The van der Waals surface area contributed by atoms with Crippen molar-refractivity contribution in [3.63, 3.8) is 0 Å². The second kappa shape index (κ2) is 5.23. The summed E-state index contributed by atoms with van der Waals surface area (Å²) in [6, 6.07) is 3.72. The van der Waals surface area contributed by atoms with Gasteiger partial charge in [-0.3, -0.25) is 0 Å². The molecule has 0 aliphatic carbocycles. The molecular weight excluding hydrogens is 206 g/mol. The molecule has 1 atom stereocenters. The minimum Gasteiger partial charge on any atom is -0.390 e. The molecule has 1 N–H and O–H groups in total. The highest BCUT2D eigenvalue weighted by Gasteiger charge is 2.23. The first-order chi connectivity index (χ1) is 7.83. The van der Waals surface area contributed by atoms with Gasteiger partial charge in [-0.1, -0.05) is 0 Å². The Kier molecular flexibility index (Phi) is 3.69. The Morgan fingerprint density at radius 1 is 1.50 bits per heavy atom. The lowest BCUT2D eigenvalue weighted by atomic mass is 10.1. The smallest absolute Gasteiger partial charge is 0.151 e. The van der Waals surface area contributed by atoms with E-state index in [0.29, 0.717) is 11.6 Å². The number of anilines is 1. The second-order valence-electron chi connectivity index (χ2n) is 4.10. The van der Waals surface area contributed by atoms with E-state index in [1.165, 1.54) is 0 Å². The molecule has 88 valence electrons. The van der Waals surface area contributed by atoms with Crippen LogP contribution < -0.4 is 4.90 Å². The van der Waals surface area contributed by atoms with Crippen LogP contribution in [-0.2, 0) is 11.3 Å². The van der Waals surface area contributed by atoms with Crippen LogP contribution >= 0.6 is 0 Å². The maximum Gasteiger partial charge on any atom is 0.151 e. The van der Waals surface area contributed by atoms with Crippen LogP contribution in [0.2, 0.25) is 0 Å². The van der Waals surface area contributed by atoms with Gasteiger partial charge in [-0.15, -0.1) is 5.10 Å². The topological polar surface area (TPSA) is 58.5 Å². The van der Waals surface area contributed by atoms with Gasteiger partial charge in [0, 0.05) is 26.1 Å². The second-order valence-corrected chi connectivity index (χ2v) is 4.10. The molecule has 1 aliphatic rings. The fourth-order valence-electron chi connectivity index (χ4n) is 2.02. The third kappa shape index (κ3) is 2.48. The molecule has 0 aromatic carbocycles. The Labute approximate surface area is 95.1 Å². The lowest BCUT2D eigenvalue weighted by Gasteiger charge is -2.16. The lowest BCUT2D eigenvalue weighted by Crippen LogP contribution is -2.22. The Balaban J connectivity index is 1.97. The molecule has 0 amide bonds. The highest BCUT2D eigenvalue weighted by molar-refractivity contribution is 5.38. The predicted octanol–water partition coefficient (Wildman–Crippen LogP) is 0.442. The van der Waals surface area contributed by atoms with E-state index >= 15 is 0 Å². The summed E-state index contributed by atoms with van der Waals surface area (Å²) in [5.74, 6) is 1.47. The molecule has 1 aliphatic heterocycles. The van der Waals surface area contributed by atoms with Crippen LogP contribution in [-0.4, -0.2) is 42.1 Å². The number of hydrogen-bond donors (Lipinski definition) is 1. The molecule has 1 aromatic rings. The average Bonchev–Trinajstić information content (AvgIpc) is 2.78. The summed E-state index contributed by atoms with van der Waals surface area (Å²) < 4.78 is 5.15. The number of aliphatic hydroxyl groups is 1. The van der Waals surface area contributed by atoms with Gasteiger partial charge in [0.2, 0.25) is 0 Å². The van der Waals surface area contributed by atoms with Crippen molar-refractivity contribution in [3.8, 4) is 0 Å². The zero-order chi connectivity index (χ0) is 11.4. The van der Waals surface area contributed by atoms with Gasteiger partial charge in [0.25, 0.3) is 0 Å². The van der Waals surface area contributed by atoms with E-state index in [2.05, 4.69) is 15.1 Å². The van der Waals surface area contributed by atoms with Gasteiger partial charge in [-0.25, -0.2) is 0 Å². The van der Waals surface area contributed by atoms with E-state index in [1.54, 1.807) is 7.11 Å². The van der Waals surface area contributed by atoms with Crippen LogP contribution in [0.1, 0.15) is 12.1 Å². The van der Waals surface area contributed by atoms with Crippen molar-refractivity contribution in [2.24, 2.45) is 5.92 Å². The first kappa shape index (κ1) is 11.3. The van der Waals surface area contributed by atoms with Crippen LogP contribution in [0, 0.1) is 5.92 Å². The largest absolute Gasteiger partial charge is 0.390 e. The van der Waals surface area contributed by atoms with Crippen LogP contribution in [0.25, 0.3) is 0 Å². The van der Waals surface area contributed by atoms with Crippen molar-refractivity contribution in [2.45, 2.75) is 13.0 Å². The Bertz CT molecular complexity index is 329. The van der Waals surface area contributed by atoms with Gasteiger partial charge in [0.05, 0.1) is 18.9 Å². The summed E-state index contributed by atoms with van der Waals surface area (Å²) in [5, 5.41) is 16.9. The van der Waals surface area contributed by atoms with E-state index in [1.807, 2.05) is 12.1 Å². The summed E-state index contributed by atoms with van der Waals surface area (Å²) in [5.41, 5.74) is 0.608. The molecule has 0 bridgehead atoms. The number of nitrogens with zero attached hydrogens (tertiary/aromatic N) is 3. The molecule has 0 radical (unpaired) electrons. The molecule has 0 saturated carbocycles. The van der Waals surface area contributed by atoms with Gasteiger partial charge in [0.1, 0.15) is 0 Å². The van der Waals surface area contributed by atoms with E-state index in [-0.39, 0.29) is 6.61 Å². The van der Waals surface area contributed by atoms with Crippen molar-refractivity contribution in [2.75, 3.05) is 31.7 Å². The van der Waals surface area contributed by atoms with Crippen molar-refractivity contribution in [3.05, 3.63) is 17.8 Å². The molecule has 1 aromatic heterocycles. The molecular formula is C11H17N3O2. The third-order valence-corrected chi connectivity index (χ3v) is 2.88. The van der Waals surface area contributed by atoms with Crippen LogP contribution in [0.3, 0.4) is 0 Å². The highest BCUT2D eigenvalue weighted by Crippen LogP contribution is 2.21. The van der Waals surface area contributed by atoms with Gasteiger partial charge in [0.15, 0.2) is 5.82 Å². The lowest BCUT2D eigenvalue weighted by molar-refractivity contribution is 0.161. The maximum atomic E-state index is 8.87. The predicted molar refractivity (Wildman–Crippen MR) is 60.2 cm³/mol. The molecule has 1 unspecified atom stereocenters. The first-order valence-electron chi connectivity index (χ1n) is 5.51. The monoisotopic (exact) mass is 223 g/mol. The number of hydrogen-bond acceptors (Lipinski definition) is 5. The van der Waals surface area contributed by atoms with Crippen LogP contribution in [0.4, 0.5) is 5.82 Å². The summed E-state index contributed by atoms with van der Waals surface area (Å²) in [7, 11) is 1.73. The number of rotatable bonds is 4. The van der Waals surface area contributed by atoms with Crippen LogP contribution in [0.5, 0.6) is 0 Å². The quantitative estimate of drug-likeness (QED) is 0.802. The van der Waals surface area contributed by atoms with Crippen molar-refractivity contribution < 1.29 is 9.84 Å². The maximum absolute atomic E-state index is 8.87. The zero-order valence-electron chi connectivity index (χ0n) is 9.46. The van der Waals surface area contributed by atoms with E-state index in [9.17, 15) is 0 Å². The minimum atomic E-state index is -0.0560. The average molecular weight is 223 g/mol. The standard InChI is InChI=1S/C11H17N3O2/c1-16-8-9-4-5-14(6-9)11-3-2-10(7-15)12-13-11/h2-3,9,15H,4-8H2,1H3. The SMILES string of the molecule is COCC1CCN(c2ccc(CO)nn2)C1. The molecule has 2 heterocycles. The Morgan fingerprint density at radius 3 is 3.00 bits per heavy atom. The van der Waals surface area contributed by atoms with Gasteiger partial charge < -0.3 is 14.7 Å². The fraction of sp³-hybridized carbons (Fsp3) is 0.636. The van der Waals surface area contributed by atoms with Gasteiger partial charge >= 0.3 is 0 Å². The molecule has 5 heteroatoms. The Hall–Kier alpha value is -1.20. The zero-order valence-corrected chi connectivity index (χ0v) is 9.46. The summed E-state index contributed by atoms with van der Waals surface area (Å²) in [6.45, 7) is 2.72. The van der Waals surface area contributed by atoms with Gasteiger partial charge in [-0.2, -0.15) is 5.10 Å². The fourth-order valence-corrected chi connectivity index (χ4v) is 2.02. The van der Waals surface area contributed by atoms with Crippen molar-refractivity contribution >= 4 is 5.82 Å². The third-order valence-electron chi connectivity index (χ3n) is 2.88. The molecule has 1 fully saturated rings. The van der Waals surface area contributed by atoms with E-state index in [0.717, 1.165) is 31.9 Å². The molecule has 5 nitrogen and oxygen atoms in total. The molecule has 1 saturated heterocycles. The first-order valence-corrected chi connectivity index (χ1v) is 5.51. The summed E-state index contributed by atoms with van der Waals surface area (Å²) in [4.78, 5) is 2.21. The van der Waals surface area contributed by atoms with Crippen LogP contribution in [0.15, 0.2) is 12.1 Å². The summed E-state index contributed by atoms with van der Waals surface area (Å²) in [6.07, 6.45) is 1.14. The molecule has 16 heavy (non-hydrogen) atoms. The Morgan fingerprint density at radius 2 is 2.38 bits per heavy atom. The normalized spacial score (nSPS) is 20.4. The number of methoxy groups -OCH3 is 1. The van der Waals surface area contributed by atoms with E-state index in [4.69, 9.17) is 9.84 Å². The number of aromatic nitrogens is 2. The number of ether oxygens (including phenoxy) is 1. The molecule has 2 rings (SSSR count). The molecule has 0 spiro atoms. The van der Waals surface area contributed by atoms with Gasteiger partial charge in [-0.05, 0) is 18.6 Å². The highest BCUT2D eigenvalue weighted by atomic mass is 16.5. The van der Waals surface area contributed by atoms with E-state index < -0.39 is 0 Å². The van der Waals surface area contributed by atoms with Crippen molar-refractivity contribution in [1.29, 1.82) is 0 Å².